The van der Waals surface area contributed by atoms with Gasteiger partial charge in [0.15, 0.2) is 11.5 Å². The third-order valence-corrected chi connectivity index (χ3v) is 3.70. The molecule has 0 saturated heterocycles. The number of rotatable bonds is 8. The summed E-state index contributed by atoms with van der Waals surface area (Å²) in [5.41, 5.74) is 1.54. The van der Waals surface area contributed by atoms with Crippen molar-refractivity contribution < 1.29 is 18.7 Å². The highest BCUT2D eigenvalue weighted by Gasteiger charge is 2.12. The molecule has 2 aromatic rings. The van der Waals surface area contributed by atoms with Gasteiger partial charge in [-0.2, -0.15) is 0 Å². The van der Waals surface area contributed by atoms with Gasteiger partial charge in [-0.25, -0.2) is 4.39 Å². The fraction of sp³-hybridized carbons (Fsp3) is 0.286. The van der Waals surface area contributed by atoms with Gasteiger partial charge in [0.1, 0.15) is 5.82 Å². The Morgan fingerprint density at radius 3 is 2.54 bits per heavy atom. The molecule has 0 unspecified atom stereocenters. The lowest BCUT2D eigenvalue weighted by Crippen LogP contribution is -2.24. The Labute approximate surface area is 153 Å². The molecule has 0 aliphatic heterocycles. The van der Waals surface area contributed by atoms with Gasteiger partial charge in [-0.3, -0.25) is 4.79 Å². The first-order valence-electron chi connectivity index (χ1n) is 8.67. The van der Waals surface area contributed by atoms with E-state index in [0.717, 1.165) is 5.56 Å². The number of halogens is 1. The maximum absolute atomic E-state index is 13.2. The van der Waals surface area contributed by atoms with Crippen LogP contribution in [0.5, 0.6) is 11.5 Å². The SMILES string of the molecule is CCOc1ccc([C@H](C)NC(=O)/C=C/c2cccc(F)c2)cc1OCC. The summed E-state index contributed by atoms with van der Waals surface area (Å²) < 4.78 is 24.3. The van der Waals surface area contributed by atoms with E-state index in [-0.39, 0.29) is 17.8 Å². The van der Waals surface area contributed by atoms with Crippen molar-refractivity contribution in [1.29, 1.82) is 0 Å². The Balaban J connectivity index is 2.05. The van der Waals surface area contributed by atoms with Crippen LogP contribution in [0.4, 0.5) is 4.39 Å². The molecule has 2 aromatic carbocycles. The Kier molecular flexibility index (Phi) is 7.21. The molecule has 0 aliphatic rings. The van der Waals surface area contributed by atoms with Crippen LogP contribution in [-0.2, 0) is 4.79 Å². The highest BCUT2D eigenvalue weighted by molar-refractivity contribution is 5.91. The van der Waals surface area contributed by atoms with Crippen LogP contribution in [0.1, 0.15) is 37.9 Å². The van der Waals surface area contributed by atoms with Gasteiger partial charge in [-0.05, 0) is 62.2 Å². The molecule has 1 N–H and O–H groups in total. The van der Waals surface area contributed by atoms with Gasteiger partial charge in [-0.1, -0.05) is 18.2 Å². The second-order valence-corrected chi connectivity index (χ2v) is 5.69. The summed E-state index contributed by atoms with van der Waals surface area (Å²) >= 11 is 0. The van der Waals surface area contributed by atoms with Gasteiger partial charge >= 0.3 is 0 Å². The zero-order valence-corrected chi connectivity index (χ0v) is 15.3. The molecule has 1 amide bonds. The lowest BCUT2D eigenvalue weighted by atomic mass is 10.1. The largest absolute Gasteiger partial charge is 0.490 e. The van der Waals surface area contributed by atoms with E-state index in [1.54, 1.807) is 18.2 Å². The molecule has 0 aromatic heterocycles. The van der Waals surface area contributed by atoms with Crippen molar-refractivity contribution in [2.24, 2.45) is 0 Å². The number of benzene rings is 2. The summed E-state index contributed by atoms with van der Waals surface area (Å²) in [4.78, 5) is 12.1. The fourth-order valence-corrected chi connectivity index (χ4v) is 2.46. The topological polar surface area (TPSA) is 47.6 Å². The summed E-state index contributed by atoms with van der Waals surface area (Å²) in [6.07, 6.45) is 2.97. The van der Waals surface area contributed by atoms with Crippen LogP contribution in [0.3, 0.4) is 0 Å². The predicted octanol–water partition coefficient (Wildman–Crippen LogP) is 4.51. The van der Waals surface area contributed by atoms with Crippen molar-refractivity contribution in [2.75, 3.05) is 13.2 Å². The van der Waals surface area contributed by atoms with Crippen LogP contribution in [0.2, 0.25) is 0 Å². The summed E-state index contributed by atoms with van der Waals surface area (Å²) in [5.74, 6) is 0.748. The number of hydrogen-bond acceptors (Lipinski definition) is 3. The average Bonchev–Trinajstić information content (AvgIpc) is 2.62. The normalized spacial score (nSPS) is 12.0. The van der Waals surface area contributed by atoms with Crippen LogP contribution in [0, 0.1) is 5.82 Å². The Bertz CT molecular complexity index is 774. The van der Waals surface area contributed by atoms with Gasteiger partial charge < -0.3 is 14.8 Å². The average molecular weight is 357 g/mol. The van der Waals surface area contributed by atoms with E-state index in [1.807, 2.05) is 39.0 Å². The second-order valence-electron chi connectivity index (χ2n) is 5.69. The van der Waals surface area contributed by atoms with Crippen molar-refractivity contribution in [3.05, 3.63) is 65.5 Å². The first-order chi connectivity index (χ1) is 12.5. The standard InChI is InChI=1S/C21H24FNO3/c1-4-25-19-11-10-17(14-20(19)26-5-2)15(3)23-21(24)12-9-16-7-6-8-18(22)13-16/h6-15H,4-5H2,1-3H3,(H,23,24)/b12-9+/t15-/m0/s1. The van der Waals surface area contributed by atoms with Crippen molar-refractivity contribution in [3.63, 3.8) is 0 Å². The Hall–Kier alpha value is -2.82. The van der Waals surface area contributed by atoms with Crippen LogP contribution in [0.25, 0.3) is 6.08 Å². The van der Waals surface area contributed by atoms with Crippen LogP contribution < -0.4 is 14.8 Å². The molecular formula is C21H24FNO3. The van der Waals surface area contributed by atoms with Crippen molar-refractivity contribution in [3.8, 4) is 11.5 Å². The third kappa shape index (κ3) is 5.62. The maximum atomic E-state index is 13.2. The molecule has 0 aliphatic carbocycles. The smallest absolute Gasteiger partial charge is 0.244 e. The summed E-state index contributed by atoms with van der Waals surface area (Å²) in [5, 5.41) is 2.89. The lowest BCUT2D eigenvalue weighted by molar-refractivity contribution is -0.117. The summed E-state index contributed by atoms with van der Waals surface area (Å²) in [6, 6.07) is 11.5. The van der Waals surface area contributed by atoms with Gasteiger partial charge in [-0.15, -0.1) is 0 Å². The zero-order chi connectivity index (χ0) is 18.9. The van der Waals surface area contributed by atoms with Crippen molar-refractivity contribution in [2.45, 2.75) is 26.8 Å². The van der Waals surface area contributed by atoms with Crippen molar-refractivity contribution in [1.82, 2.24) is 5.32 Å². The number of carbonyl (C=O) groups is 1. The summed E-state index contributed by atoms with van der Waals surface area (Å²) in [6.45, 7) is 6.79. The first kappa shape index (κ1) is 19.5. The Morgan fingerprint density at radius 1 is 1.12 bits per heavy atom. The third-order valence-electron chi connectivity index (χ3n) is 3.70. The predicted molar refractivity (Wildman–Crippen MR) is 101 cm³/mol. The molecule has 5 heteroatoms. The monoisotopic (exact) mass is 357 g/mol. The number of carbonyl (C=O) groups excluding carboxylic acids is 1. The molecule has 0 radical (unpaired) electrons. The van der Waals surface area contributed by atoms with Crippen LogP contribution in [-0.4, -0.2) is 19.1 Å². The van der Waals surface area contributed by atoms with Crippen molar-refractivity contribution >= 4 is 12.0 Å². The molecule has 1 atom stereocenters. The Morgan fingerprint density at radius 2 is 1.85 bits per heavy atom. The van der Waals surface area contributed by atoms with E-state index in [9.17, 15) is 9.18 Å². The van der Waals surface area contributed by atoms with E-state index >= 15 is 0 Å². The summed E-state index contributed by atoms with van der Waals surface area (Å²) in [7, 11) is 0. The molecule has 4 nitrogen and oxygen atoms in total. The molecule has 138 valence electrons. The molecule has 0 saturated carbocycles. The van der Waals surface area contributed by atoms with E-state index in [4.69, 9.17) is 9.47 Å². The molecule has 2 rings (SSSR count). The molecular weight excluding hydrogens is 333 g/mol. The number of hydrogen-bond donors (Lipinski definition) is 1. The number of nitrogens with one attached hydrogen (secondary N) is 1. The van der Waals surface area contributed by atoms with Crippen LogP contribution >= 0.6 is 0 Å². The molecule has 0 fully saturated rings. The highest BCUT2D eigenvalue weighted by atomic mass is 19.1. The van der Waals surface area contributed by atoms with Gasteiger partial charge in [0.2, 0.25) is 5.91 Å². The molecule has 26 heavy (non-hydrogen) atoms. The van der Waals surface area contributed by atoms with Crippen LogP contribution in [0.15, 0.2) is 48.5 Å². The number of amides is 1. The minimum absolute atomic E-state index is 0.213. The van der Waals surface area contributed by atoms with E-state index in [1.165, 1.54) is 18.2 Å². The van der Waals surface area contributed by atoms with Gasteiger partial charge in [0.05, 0.1) is 19.3 Å². The fourth-order valence-electron chi connectivity index (χ4n) is 2.46. The van der Waals surface area contributed by atoms with Gasteiger partial charge in [0.25, 0.3) is 0 Å². The minimum Gasteiger partial charge on any atom is -0.490 e. The van der Waals surface area contributed by atoms with Gasteiger partial charge in [0, 0.05) is 6.08 Å². The molecule has 0 bridgehead atoms. The second kappa shape index (κ2) is 9.61. The maximum Gasteiger partial charge on any atom is 0.244 e. The molecule has 0 spiro atoms. The van der Waals surface area contributed by atoms with E-state index < -0.39 is 0 Å². The highest BCUT2D eigenvalue weighted by Crippen LogP contribution is 2.30. The van der Waals surface area contributed by atoms with E-state index in [0.29, 0.717) is 30.3 Å². The minimum atomic E-state index is -0.334. The first-order valence-corrected chi connectivity index (χ1v) is 8.67. The quantitative estimate of drug-likeness (QED) is 0.707. The van der Waals surface area contributed by atoms with E-state index in [2.05, 4.69) is 5.32 Å². The zero-order valence-electron chi connectivity index (χ0n) is 15.3. The molecule has 0 heterocycles. The lowest BCUT2D eigenvalue weighted by Gasteiger charge is -2.17. The number of ether oxygens (including phenoxy) is 2.